The van der Waals surface area contributed by atoms with E-state index in [2.05, 4.69) is 20.6 Å². The number of rotatable bonds is 2. The molecule has 0 aromatic carbocycles. The van der Waals surface area contributed by atoms with Crippen LogP contribution in [0.15, 0.2) is 0 Å². The second-order valence-corrected chi connectivity index (χ2v) is 5.68. The summed E-state index contributed by atoms with van der Waals surface area (Å²) in [5.41, 5.74) is 7.25. The molecule has 1 amide bonds. The lowest BCUT2D eigenvalue weighted by Gasteiger charge is -2.35. The number of hydrogen-bond acceptors (Lipinski definition) is 6. The average molecular weight is 276 g/mol. The van der Waals surface area contributed by atoms with Crippen molar-refractivity contribution >= 4 is 23.4 Å². The van der Waals surface area contributed by atoms with Crippen LogP contribution in [0.1, 0.15) is 25.5 Å². The summed E-state index contributed by atoms with van der Waals surface area (Å²) in [4.78, 5) is 22.7. The first-order valence-corrected chi connectivity index (χ1v) is 6.90. The Morgan fingerprint density at radius 2 is 2.10 bits per heavy atom. The topological polar surface area (TPSA) is 96.2 Å². The Labute approximate surface area is 118 Å². The number of nitrogens with zero attached hydrogens (tertiary/aromatic N) is 3. The summed E-state index contributed by atoms with van der Waals surface area (Å²) >= 11 is 0. The second kappa shape index (κ2) is 4.59. The van der Waals surface area contributed by atoms with E-state index < -0.39 is 0 Å². The van der Waals surface area contributed by atoms with Gasteiger partial charge in [-0.05, 0) is 26.7 Å². The number of hydrogen-bond donors (Lipinski definition) is 3. The summed E-state index contributed by atoms with van der Waals surface area (Å²) in [6.07, 6.45) is 1.89. The molecule has 1 aliphatic heterocycles. The number of carbonyl (C=O) groups excluding carboxylic acids is 1. The smallest absolute Gasteiger partial charge is 0.246 e. The fourth-order valence-electron chi connectivity index (χ4n) is 2.57. The van der Waals surface area contributed by atoms with Crippen LogP contribution >= 0.6 is 0 Å². The van der Waals surface area contributed by atoms with Gasteiger partial charge >= 0.3 is 0 Å². The fourth-order valence-corrected chi connectivity index (χ4v) is 2.57. The zero-order valence-corrected chi connectivity index (χ0v) is 12.0. The monoisotopic (exact) mass is 276 g/mol. The molecule has 2 heterocycles. The van der Waals surface area contributed by atoms with E-state index in [0.29, 0.717) is 17.7 Å². The van der Waals surface area contributed by atoms with Gasteiger partial charge in [0.1, 0.15) is 11.7 Å². The molecule has 1 fully saturated rings. The summed E-state index contributed by atoms with van der Waals surface area (Å²) in [7, 11) is 1.87. The van der Waals surface area contributed by atoms with Crippen LogP contribution in [0.2, 0.25) is 0 Å². The number of nitrogens with one attached hydrogen (secondary N) is 2. The Balaban J connectivity index is 1.89. The quantitative estimate of drug-likeness (QED) is 0.726. The van der Waals surface area contributed by atoms with Crippen LogP contribution in [0.25, 0.3) is 0 Å². The van der Waals surface area contributed by atoms with E-state index in [0.717, 1.165) is 24.4 Å². The molecule has 2 aliphatic rings. The summed E-state index contributed by atoms with van der Waals surface area (Å²) < 4.78 is 0. The van der Waals surface area contributed by atoms with E-state index in [4.69, 9.17) is 5.73 Å². The van der Waals surface area contributed by atoms with Crippen LogP contribution in [0.4, 0.5) is 17.5 Å². The Hall–Kier alpha value is -1.89. The number of nitrogens with two attached hydrogens (primary N) is 1. The van der Waals surface area contributed by atoms with E-state index in [-0.39, 0.29) is 18.0 Å². The standard InChI is InChI=1S/C13H20N6O/c1-6-10-11(19(3)7(2)12(20)17-10)18-13(15-6)16-9-4-8(14)5-9/h7-9H,4-5,14H2,1-3H3,(H,17,20)(H,15,16,18)/t7-,8?,9?/m0/s1. The van der Waals surface area contributed by atoms with E-state index in [1.807, 2.05) is 25.8 Å². The minimum Gasteiger partial charge on any atom is -0.351 e. The van der Waals surface area contributed by atoms with Gasteiger partial charge in [0.15, 0.2) is 5.82 Å². The Morgan fingerprint density at radius 1 is 1.40 bits per heavy atom. The lowest BCUT2D eigenvalue weighted by molar-refractivity contribution is -0.117. The highest BCUT2D eigenvalue weighted by Gasteiger charge is 2.31. The number of fused-ring (bicyclic) bond motifs is 1. The van der Waals surface area contributed by atoms with Crippen molar-refractivity contribution < 1.29 is 4.79 Å². The molecular formula is C13H20N6O. The molecule has 0 saturated heterocycles. The third-order valence-corrected chi connectivity index (χ3v) is 4.12. The minimum absolute atomic E-state index is 0.0302. The fraction of sp³-hybridized carbons (Fsp3) is 0.615. The Kier molecular flexibility index (Phi) is 3.01. The first kappa shape index (κ1) is 13.1. The van der Waals surface area contributed by atoms with E-state index in [1.54, 1.807) is 0 Å². The van der Waals surface area contributed by atoms with Crippen molar-refractivity contribution in [1.82, 2.24) is 9.97 Å². The Morgan fingerprint density at radius 3 is 2.75 bits per heavy atom. The molecule has 0 bridgehead atoms. The molecule has 1 aliphatic carbocycles. The molecule has 0 unspecified atom stereocenters. The van der Waals surface area contributed by atoms with Gasteiger partial charge in [-0.3, -0.25) is 4.79 Å². The number of aryl methyl sites for hydroxylation is 1. The average Bonchev–Trinajstić information content (AvgIpc) is 2.36. The molecule has 1 aromatic heterocycles. The highest BCUT2D eigenvalue weighted by atomic mass is 16.2. The maximum Gasteiger partial charge on any atom is 0.246 e. The van der Waals surface area contributed by atoms with Crippen LogP contribution in [0, 0.1) is 6.92 Å². The molecule has 7 heteroatoms. The predicted octanol–water partition coefficient (Wildman–Crippen LogP) is 0.463. The van der Waals surface area contributed by atoms with Crippen molar-refractivity contribution in [2.24, 2.45) is 5.73 Å². The van der Waals surface area contributed by atoms with E-state index in [9.17, 15) is 4.79 Å². The van der Waals surface area contributed by atoms with Gasteiger partial charge in [-0.15, -0.1) is 0 Å². The SMILES string of the molecule is Cc1nc(NC2CC(N)C2)nc2c1NC(=O)[C@H](C)N2C. The maximum absolute atomic E-state index is 11.8. The molecule has 4 N–H and O–H groups in total. The number of amides is 1. The van der Waals surface area contributed by atoms with Gasteiger partial charge in [0.2, 0.25) is 11.9 Å². The van der Waals surface area contributed by atoms with Gasteiger partial charge in [-0.25, -0.2) is 4.98 Å². The van der Waals surface area contributed by atoms with Crippen molar-refractivity contribution in [3.63, 3.8) is 0 Å². The molecule has 0 radical (unpaired) electrons. The van der Waals surface area contributed by atoms with Crippen LogP contribution in [0.3, 0.4) is 0 Å². The van der Waals surface area contributed by atoms with Crippen LogP contribution in [-0.4, -0.2) is 41.0 Å². The van der Waals surface area contributed by atoms with Gasteiger partial charge in [0.05, 0.1) is 5.69 Å². The van der Waals surface area contributed by atoms with Crippen LogP contribution in [0.5, 0.6) is 0 Å². The minimum atomic E-state index is -0.234. The predicted molar refractivity (Wildman–Crippen MR) is 77.9 cm³/mol. The molecule has 108 valence electrons. The summed E-state index contributed by atoms with van der Waals surface area (Å²) in [6, 6.07) is 0.401. The Bertz CT molecular complexity index is 554. The van der Waals surface area contributed by atoms with Crippen molar-refractivity contribution in [2.75, 3.05) is 22.6 Å². The molecule has 1 saturated carbocycles. The van der Waals surface area contributed by atoms with Crippen LogP contribution < -0.4 is 21.3 Å². The third-order valence-electron chi connectivity index (χ3n) is 4.12. The molecule has 7 nitrogen and oxygen atoms in total. The van der Waals surface area contributed by atoms with Crippen molar-refractivity contribution in [3.05, 3.63) is 5.69 Å². The van der Waals surface area contributed by atoms with E-state index >= 15 is 0 Å². The van der Waals surface area contributed by atoms with Crippen molar-refractivity contribution in [3.8, 4) is 0 Å². The lowest BCUT2D eigenvalue weighted by Crippen LogP contribution is -2.46. The molecule has 3 rings (SSSR count). The summed E-state index contributed by atoms with van der Waals surface area (Å²) in [6.45, 7) is 3.73. The molecular weight excluding hydrogens is 256 g/mol. The highest BCUT2D eigenvalue weighted by molar-refractivity contribution is 6.03. The first-order valence-electron chi connectivity index (χ1n) is 6.90. The second-order valence-electron chi connectivity index (χ2n) is 5.68. The number of likely N-dealkylation sites (N-methyl/N-ethyl adjacent to an activating group) is 1. The van der Waals surface area contributed by atoms with E-state index in [1.165, 1.54) is 0 Å². The molecule has 20 heavy (non-hydrogen) atoms. The first-order chi connectivity index (χ1) is 9.45. The zero-order valence-electron chi connectivity index (χ0n) is 12.0. The van der Waals surface area contributed by atoms with Gasteiger partial charge in [-0.2, -0.15) is 4.98 Å². The molecule has 1 atom stereocenters. The largest absolute Gasteiger partial charge is 0.351 e. The summed E-state index contributed by atoms with van der Waals surface area (Å²) in [5.74, 6) is 1.33. The lowest BCUT2D eigenvalue weighted by atomic mass is 9.88. The summed E-state index contributed by atoms with van der Waals surface area (Å²) in [5, 5.41) is 6.18. The molecule has 1 aromatic rings. The molecule has 0 spiro atoms. The number of carbonyl (C=O) groups is 1. The number of aromatic nitrogens is 2. The van der Waals surface area contributed by atoms with Gasteiger partial charge in [-0.1, -0.05) is 0 Å². The van der Waals surface area contributed by atoms with Crippen LogP contribution in [-0.2, 0) is 4.79 Å². The van der Waals surface area contributed by atoms with Gasteiger partial charge in [0.25, 0.3) is 0 Å². The van der Waals surface area contributed by atoms with Gasteiger partial charge < -0.3 is 21.3 Å². The normalized spacial score (nSPS) is 28.5. The number of anilines is 3. The van der Waals surface area contributed by atoms with Crippen molar-refractivity contribution in [1.29, 1.82) is 0 Å². The van der Waals surface area contributed by atoms with Crippen molar-refractivity contribution in [2.45, 2.75) is 44.8 Å². The zero-order chi connectivity index (χ0) is 14.4. The third kappa shape index (κ3) is 2.07. The maximum atomic E-state index is 11.8. The van der Waals surface area contributed by atoms with Gasteiger partial charge in [0, 0.05) is 19.1 Å². The highest BCUT2D eigenvalue weighted by Crippen LogP contribution is 2.32.